The van der Waals surface area contributed by atoms with Gasteiger partial charge in [0.05, 0.1) is 34.6 Å². The summed E-state index contributed by atoms with van der Waals surface area (Å²) in [5.41, 5.74) is 1.01. The molecular formula is C18H17N6OS+. The Morgan fingerprint density at radius 2 is 2.31 bits per heavy atom. The van der Waals surface area contributed by atoms with Crippen molar-refractivity contribution in [1.29, 1.82) is 5.26 Å². The second-order valence-corrected chi connectivity index (χ2v) is 7.85. The van der Waals surface area contributed by atoms with Crippen LogP contribution in [-0.2, 0) is 4.79 Å². The van der Waals surface area contributed by atoms with E-state index in [9.17, 15) is 4.79 Å². The number of nitriles is 1. The molecule has 1 aliphatic rings. The Hall–Kier alpha value is -3.18. The van der Waals surface area contributed by atoms with E-state index in [0.717, 1.165) is 10.6 Å². The third kappa shape index (κ3) is 3.17. The van der Waals surface area contributed by atoms with Crippen molar-refractivity contribution in [1.82, 2.24) is 19.4 Å². The molecule has 1 amide bonds. The number of anilines is 1. The number of thiazole rings is 1. The third-order valence-corrected chi connectivity index (χ3v) is 6.18. The second kappa shape index (κ2) is 6.98. The fourth-order valence-electron chi connectivity index (χ4n) is 3.02. The molecule has 2 atom stereocenters. The van der Waals surface area contributed by atoms with E-state index in [2.05, 4.69) is 27.5 Å². The van der Waals surface area contributed by atoms with E-state index in [4.69, 9.17) is 5.26 Å². The second-order valence-electron chi connectivity index (χ2n) is 6.05. The number of nitrogens with zero attached hydrogens (tertiary/aromatic N) is 5. The van der Waals surface area contributed by atoms with E-state index < -0.39 is 10.5 Å². The molecule has 1 unspecified atom stereocenters. The zero-order valence-corrected chi connectivity index (χ0v) is 14.8. The summed E-state index contributed by atoms with van der Waals surface area (Å²) in [6.45, 7) is 1.12. The molecule has 2 aromatic heterocycles. The molecule has 0 aliphatic carbocycles. The zero-order valence-electron chi connectivity index (χ0n) is 13.9. The van der Waals surface area contributed by atoms with E-state index >= 15 is 0 Å². The first-order valence-electron chi connectivity index (χ1n) is 8.26. The lowest BCUT2D eigenvalue weighted by Gasteiger charge is -2.08. The highest BCUT2D eigenvalue weighted by atomic mass is 32.2. The number of likely N-dealkylation sites (tertiary alicyclic amines) is 1. The Morgan fingerprint density at radius 1 is 1.38 bits per heavy atom. The molecular weight excluding hydrogens is 348 g/mol. The van der Waals surface area contributed by atoms with Gasteiger partial charge in [-0.15, -0.1) is 0 Å². The quantitative estimate of drug-likeness (QED) is 0.567. The molecule has 130 valence electrons. The standard InChI is InChI=1S/C18H16N6OS/c19-12-23-7-4-14(11-23)17(25)22-18-21-6-9-26(18)16-3-1-2-15(10-16)24-8-5-20-13-24/h1-3,5-6,8-10,13-14H,4,7,11H2/p+1/t14-,26?/m0/s1. The molecule has 1 aliphatic heterocycles. The average Bonchev–Trinajstić information content (AvgIpc) is 3.42. The zero-order chi connectivity index (χ0) is 17.9. The van der Waals surface area contributed by atoms with E-state index in [1.807, 2.05) is 34.3 Å². The van der Waals surface area contributed by atoms with Crippen LogP contribution >= 0.6 is 10.5 Å². The molecule has 0 saturated carbocycles. The van der Waals surface area contributed by atoms with Gasteiger partial charge in [-0.2, -0.15) is 10.2 Å². The summed E-state index contributed by atoms with van der Waals surface area (Å²) in [5.74, 6) is -0.228. The minimum atomic E-state index is -0.406. The van der Waals surface area contributed by atoms with Crippen molar-refractivity contribution in [2.75, 3.05) is 18.4 Å². The summed E-state index contributed by atoms with van der Waals surface area (Å²) < 4.78 is 1.94. The maximum absolute atomic E-state index is 12.5. The predicted octanol–water partition coefficient (Wildman–Crippen LogP) is 2.75. The Labute approximate surface area is 153 Å². The van der Waals surface area contributed by atoms with Crippen molar-refractivity contribution in [2.45, 2.75) is 6.42 Å². The number of hydrogen-bond acceptors (Lipinski definition) is 5. The summed E-state index contributed by atoms with van der Waals surface area (Å²) >= 11 is 0. The van der Waals surface area contributed by atoms with Gasteiger partial charge in [0.15, 0.2) is 16.5 Å². The van der Waals surface area contributed by atoms with Crippen molar-refractivity contribution in [2.24, 2.45) is 5.92 Å². The van der Waals surface area contributed by atoms with Crippen molar-refractivity contribution in [3.8, 4) is 16.8 Å². The van der Waals surface area contributed by atoms with Crippen molar-refractivity contribution < 1.29 is 4.79 Å². The van der Waals surface area contributed by atoms with Gasteiger partial charge in [-0.3, -0.25) is 10.1 Å². The number of nitrogens with one attached hydrogen (secondary N) is 1. The Balaban J connectivity index is 1.55. The van der Waals surface area contributed by atoms with Crippen molar-refractivity contribution >= 4 is 21.5 Å². The maximum Gasteiger partial charge on any atom is 0.352 e. The fourth-order valence-corrected chi connectivity index (χ4v) is 4.57. The first-order valence-corrected chi connectivity index (χ1v) is 9.55. The van der Waals surface area contributed by atoms with Gasteiger partial charge in [-0.05, 0) is 18.6 Å². The molecule has 0 radical (unpaired) electrons. The summed E-state index contributed by atoms with van der Waals surface area (Å²) in [7, 11) is -0.406. The summed E-state index contributed by atoms with van der Waals surface area (Å²) in [6.07, 6.45) is 9.92. The highest BCUT2D eigenvalue weighted by molar-refractivity contribution is 7.41. The SMILES string of the molecule is N#CN1CC[C@H](C(=O)Nc2ncc[s+]2-c2cccc(-n3ccnc3)c2)C1. The van der Waals surface area contributed by atoms with Gasteiger partial charge in [0.1, 0.15) is 0 Å². The van der Waals surface area contributed by atoms with Crippen LogP contribution in [0.2, 0.25) is 0 Å². The topological polar surface area (TPSA) is 86.8 Å². The number of carbonyl (C=O) groups is 1. The molecule has 4 rings (SSSR count). The molecule has 0 bridgehead atoms. The van der Waals surface area contributed by atoms with Crippen LogP contribution in [0.4, 0.5) is 5.13 Å². The van der Waals surface area contributed by atoms with Crippen LogP contribution < -0.4 is 5.32 Å². The van der Waals surface area contributed by atoms with Crippen LogP contribution in [0, 0.1) is 17.4 Å². The van der Waals surface area contributed by atoms with Crippen LogP contribution in [0.3, 0.4) is 0 Å². The van der Waals surface area contributed by atoms with Crippen LogP contribution in [0.1, 0.15) is 6.42 Å². The fraction of sp³-hybridized carbons (Fsp3) is 0.222. The van der Waals surface area contributed by atoms with Crippen molar-refractivity contribution in [3.63, 3.8) is 0 Å². The van der Waals surface area contributed by atoms with Crippen LogP contribution in [0.5, 0.6) is 0 Å². The first-order chi connectivity index (χ1) is 12.7. The molecule has 26 heavy (non-hydrogen) atoms. The molecule has 1 N–H and O–H groups in total. The number of amides is 1. The van der Waals surface area contributed by atoms with E-state index in [1.54, 1.807) is 23.6 Å². The molecule has 1 aromatic carbocycles. The number of aromatic nitrogens is 3. The van der Waals surface area contributed by atoms with Gasteiger partial charge < -0.3 is 9.47 Å². The number of rotatable bonds is 4. The molecule has 8 heteroatoms. The number of benzene rings is 1. The lowest BCUT2D eigenvalue weighted by Crippen LogP contribution is -2.25. The highest BCUT2D eigenvalue weighted by Gasteiger charge is 2.30. The molecule has 3 heterocycles. The minimum absolute atomic E-state index is 0.0616. The summed E-state index contributed by atoms with van der Waals surface area (Å²) in [4.78, 5) is 23.7. The molecule has 1 fully saturated rings. The van der Waals surface area contributed by atoms with Gasteiger partial charge in [-0.25, -0.2) is 4.98 Å². The Bertz CT molecular complexity index is 958. The Morgan fingerprint density at radius 3 is 3.08 bits per heavy atom. The first kappa shape index (κ1) is 16.3. The van der Waals surface area contributed by atoms with E-state index in [0.29, 0.717) is 24.6 Å². The van der Waals surface area contributed by atoms with E-state index in [1.165, 1.54) is 0 Å². The lowest BCUT2D eigenvalue weighted by atomic mass is 10.1. The van der Waals surface area contributed by atoms with Gasteiger partial charge >= 0.3 is 5.13 Å². The average molecular weight is 365 g/mol. The predicted molar refractivity (Wildman–Crippen MR) is 99.1 cm³/mol. The van der Waals surface area contributed by atoms with Crippen LogP contribution in [0.25, 0.3) is 10.6 Å². The van der Waals surface area contributed by atoms with Crippen LogP contribution in [0.15, 0.2) is 54.6 Å². The van der Waals surface area contributed by atoms with Crippen LogP contribution in [-0.4, -0.2) is 38.4 Å². The van der Waals surface area contributed by atoms with Gasteiger partial charge in [0.2, 0.25) is 5.91 Å². The smallest absolute Gasteiger partial charge is 0.310 e. The lowest BCUT2D eigenvalue weighted by molar-refractivity contribution is -0.119. The maximum atomic E-state index is 12.5. The number of imidazole rings is 1. The molecule has 0 spiro atoms. The third-order valence-electron chi connectivity index (χ3n) is 4.40. The number of hydrogen-bond donors (Lipinski definition) is 1. The van der Waals surface area contributed by atoms with Crippen molar-refractivity contribution in [3.05, 3.63) is 54.6 Å². The Kier molecular flexibility index (Phi) is 4.37. The summed E-state index contributed by atoms with van der Waals surface area (Å²) in [5, 5.41) is 14.6. The number of carbonyl (C=O) groups excluding carboxylic acids is 1. The van der Waals surface area contributed by atoms with Gasteiger partial charge in [0, 0.05) is 31.5 Å². The van der Waals surface area contributed by atoms with Gasteiger partial charge in [0.25, 0.3) is 0 Å². The minimum Gasteiger partial charge on any atom is -0.310 e. The van der Waals surface area contributed by atoms with E-state index in [-0.39, 0.29) is 11.8 Å². The molecule has 7 nitrogen and oxygen atoms in total. The van der Waals surface area contributed by atoms with Gasteiger partial charge in [-0.1, -0.05) is 6.07 Å². The largest absolute Gasteiger partial charge is 0.352 e. The normalized spacial score (nSPS) is 17.1. The molecule has 3 aromatic rings. The monoisotopic (exact) mass is 365 g/mol. The molecule has 1 saturated heterocycles. The summed E-state index contributed by atoms with van der Waals surface area (Å²) in [6, 6.07) is 8.12. The highest BCUT2D eigenvalue weighted by Crippen LogP contribution is 2.38.